The molecule has 1 rings (SSSR count). The molecule has 0 heterocycles. The van der Waals surface area contributed by atoms with Gasteiger partial charge in [0.15, 0.2) is 0 Å². The van der Waals surface area contributed by atoms with Gasteiger partial charge in [-0.25, -0.2) is 0 Å². The highest BCUT2D eigenvalue weighted by Crippen LogP contribution is 2.50. The topological polar surface area (TPSA) is 20.2 Å². The molecule has 0 fully saturated rings. The lowest BCUT2D eigenvalue weighted by molar-refractivity contribution is -0.361. The van der Waals surface area contributed by atoms with Crippen molar-refractivity contribution in [2.75, 3.05) is 0 Å². The number of hydrogen-bond donors (Lipinski definition) is 1. The maximum atomic E-state index is 14.0. The fourth-order valence-corrected chi connectivity index (χ4v) is 3.64. The SMILES string of the molecule is CCCCCCCCCCC(O)(CCc1ccccc1)CC(F)(F)C(F)(F)C(F)(F)F. The molecule has 31 heavy (non-hydrogen) atoms. The minimum Gasteiger partial charge on any atom is -0.390 e. The van der Waals surface area contributed by atoms with Crippen molar-refractivity contribution in [3.05, 3.63) is 35.9 Å². The zero-order valence-electron chi connectivity index (χ0n) is 18.0. The molecule has 0 aliphatic heterocycles. The van der Waals surface area contributed by atoms with Gasteiger partial charge in [-0.15, -0.1) is 0 Å². The number of benzene rings is 1. The molecule has 0 saturated heterocycles. The molecule has 1 unspecified atom stereocenters. The van der Waals surface area contributed by atoms with E-state index in [-0.39, 0.29) is 25.7 Å². The summed E-state index contributed by atoms with van der Waals surface area (Å²) in [5.74, 6) is -11.6. The molecule has 0 aliphatic carbocycles. The number of alkyl halides is 7. The highest BCUT2D eigenvalue weighted by Gasteiger charge is 2.73. The minimum absolute atomic E-state index is 0.0992. The van der Waals surface area contributed by atoms with Crippen LogP contribution in [0.4, 0.5) is 30.7 Å². The van der Waals surface area contributed by atoms with Gasteiger partial charge in [-0.05, 0) is 24.8 Å². The number of hydrogen-bond acceptors (Lipinski definition) is 1. The van der Waals surface area contributed by atoms with E-state index in [1.165, 1.54) is 0 Å². The summed E-state index contributed by atoms with van der Waals surface area (Å²) in [4.78, 5) is 0. The third-order valence-electron chi connectivity index (χ3n) is 5.58. The standard InChI is InChI=1S/C23H33F7O/c1-2-3-4-5-6-7-8-12-16-20(31,17-15-19-13-10-9-11-14-19)18-21(24,25)22(26,27)23(28,29)30/h9-11,13-14,31H,2-8,12,15-18H2,1H3. The maximum absolute atomic E-state index is 14.0. The number of aryl methyl sites for hydroxylation is 1. The lowest BCUT2D eigenvalue weighted by Gasteiger charge is -2.36. The van der Waals surface area contributed by atoms with E-state index in [2.05, 4.69) is 6.92 Å². The zero-order valence-corrected chi connectivity index (χ0v) is 18.0. The van der Waals surface area contributed by atoms with Crippen LogP contribution in [0.15, 0.2) is 30.3 Å². The van der Waals surface area contributed by atoms with Gasteiger partial charge in [-0.2, -0.15) is 30.7 Å². The first kappa shape index (κ1) is 27.7. The summed E-state index contributed by atoms with van der Waals surface area (Å²) < 4.78 is 92.5. The Hall–Kier alpha value is -1.31. The molecule has 1 atom stereocenters. The summed E-state index contributed by atoms with van der Waals surface area (Å²) in [5.41, 5.74) is -1.64. The Morgan fingerprint density at radius 2 is 1.23 bits per heavy atom. The Kier molecular flexibility index (Phi) is 10.8. The van der Waals surface area contributed by atoms with Crippen molar-refractivity contribution in [3.63, 3.8) is 0 Å². The maximum Gasteiger partial charge on any atom is 0.459 e. The van der Waals surface area contributed by atoms with Crippen molar-refractivity contribution in [2.45, 2.75) is 108 Å². The molecule has 1 nitrogen and oxygen atoms in total. The van der Waals surface area contributed by atoms with E-state index < -0.39 is 30.0 Å². The monoisotopic (exact) mass is 458 g/mol. The van der Waals surface area contributed by atoms with E-state index in [4.69, 9.17) is 0 Å². The van der Waals surface area contributed by atoms with Crippen LogP contribution in [-0.4, -0.2) is 28.7 Å². The van der Waals surface area contributed by atoms with E-state index in [0.717, 1.165) is 38.5 Å². The van der Waals surface area contributed by atoms with Crippen LogP contribution in [0, 0.1) is 0 Å². The minimum atomic E-state index is -6.39. The van der Waals surface area contributed by atoms with E-state index in [9.17, 15) is 35.8 Å². The smallest absolute Gasteiger partial charge is 0.390 e. The number of halogens is 7. The Balaban J connectivity index is 2.77. The van der Waals surface area contributed by atoms with E-state index in [0.29, 0.717) is 12.0 Å². The van der Waals surface area contributed by atoms with Gasteiger partial charge in [0, 0.05) is 6.42 Å². The Labute approximate surface area is 180 Å². The van der Waals surface area contributed by atoms with Crippen LogP contribution in [0.5, 0.6) is 0 Å². The molecule has 1 aromatic rings. The highest BCUT2D eigenvalue weighted by atomic mass is 19.4. The molecule has 0 saturated carbocycles. The number of aliphatic hydroxyl groups is 1. The highest BCUT2D eigenvalue weighted by molar-refractivity contribution is 5.15. The predicted molar refractivity (Wildman–Crippen MR) is 108 cm³/mol. The van der Waals surface area contributed by atoms with Crippen LogP contribution in [0.2, 0.25) is 0 Å². The molecule has 180 valence electrons. The first-order valence-corrected chi connectivity index (χ1v) is 10.9. The van der Waals surface area contributed by atoms with Gasteiger partial charge in [0.1, 0.15) is 0 Å². The van der Waals surface area contributed by atoms with Gasteiger partial charge < -0.3 is 5.11 Å². The molecule has 1 N–H and O–H groups in total. The lowest BCUT2D eigenvalue weighted by atomic mass is 9.83. The van der Waals surface area contributed by atoms with Crippen molar-refractivity contribution >= 4 is 0 Å². The fraction of sp³-hybridized carbons (Fsp3) is 0.739. The average molecular weight is 459 g/mol. The van der Waals surface area contributed by atoms with Crippen LogP contribution in [0.1, 0.15) is 83.1 Å². The van der Waals surface area contributed by atoms with E-state index in [1.54, 1.807) is 30.3 Å². The lowest BCUT2D eigenvalue weighted by Crippen LogP contribution is -2.55. The van der Waals surface area contributed by atoms with Crippen molar-refractivity contribution < 1.29 is 35.8 Å². The van der Waals surface area contributed by atoms with Gasteiger partial charge in [-0.1, -0.05) is 88.6 Å². The Morgan fingerprint density at radius 1 is 0.710 bits per heavy atom. The summed E-state index contributed by atoms with van der Waals surface area (Å²) in [5, 5.41) is 10.7. The molecular weight excluding hydrogens is 425 g/mol. The van der Waals surface area contributed by atoms with Crippen LogP contribution < -0.4 is 0 Å². The molecule has 0 radical (unpaired) electrons. The predicted octanol–water partition coefficient (Wildman–Crippen LogP) is 8.10. The average Bonchev–Trinajstić information content (AvgIpc) is 2.68. The zero-order chi connectivity index (χ0) is 23.6. The Bertz CT molecular complexity index is 616. The van der Waals surface area contributed by atoms with Crippen LogP contribution in [0.25, 0.3) is 0 Å². The van der Waals surface area contributed by atoms with Gasteiger partial charge >= 0.3 is 18.0 Å². The molecule has 0 aliphatic rings. The summed E-state index contributed by atoms with van der Waals surface area (Å²) in [7, 11) is 0. The molecular formula is C23H33F7O. The number of rotatable bonds is 15. The first-order chi connectivity index (χ1) is 14.3. The quantitative estimate of drug-likeness (QED) is 0.208. The van der Waals surface area contributed by atoms with Crippen LogP contribution in [-0.2, 0) is 6.42 Å². The van der Waals surface area contributed by atoms with Crippen LogP contribution in [0.3, 0.4) is 0 Å². The van der Waals surface area contributed by atoms with Crippen molar-refractivity contribution in [1.29, 1.82) is 0 Å². The summed E-state index contributed by atoms with van der Waals surface area (Å²) in [6.45, 7) is 2.09. The molecule has 1 aromatic carbocycles. The normalized spacial score (nSPS) is 15.1. The van der Waals surface area contributed by atoms with Gasteiger partial charge in [0.05, 0.1) is 5.60 Å². The van der Waals surface area contributed by atoms with E-state index in [1.807, 2.05) is 0 Å². The molecule has 0 aromatic heterocycles. The molecule has 8 heteroatoms. The summed E-state index contributed by atoms with van der Waals surface area (Å²) in [6, 6.07) is 8.48. The van der Waals surface area contributed by atoms with Gasteiger partial charge in [-0.3, -0.25) is 0 Å². The molecule has 0 amide bonds. The third-order valence-corrected chi connectivity index (χ3v) is 5.58. The molecule has 0 spiro atoms. The van der Waals surface area contributed by atoms with Crippen molar-refractivity contribution in [1.82, 2.24) is 0 Å². The van der Waals surface area contributed by atoms with Gasteiger partial charge in [0.25, 0.3) is 0 Å². The second-order valence-corrected chi connectivity index (χ2v) is 8.39. The number of unbranched alkanes of at least 4 members (excludes halogenated alkanes) is 7. The van der Waals surface area contributed by atoms with E-state index >= 15 is 0 Å². The van der Waals surface area contributed by atoms with Crippen molar-refractivity contribution in [3.8, 4) is 0 Å². The largest absolute Gasteiger partial charge is 0.459 e. The second kappa shape index (κ2) is 12.1. The first-order valence-electron chi connectivity index (χ1n) is 10.9. The van der Waals surface area contributed by atoms with Crippen molar-refractivity contribution in [2.24, 2.45) is 0 Å². The van der Waals surface area contributed by atoms with Gasteiger partial charge in [0.2, 0.25) is 0 Å². The Morgan fingerprint density at radius 3 is 1.74 bits per heavy atom. The molecule has 0 bridgehead atoms. The second-order valence-electron chi connectivity index (χ2n) is 8.39. The summed E-state index contributed by atoms with van der Waals surface area (Å²) in [6.07, 6.45) is -1.83. The fourth-order valence-electron chi connectivity index (χ4n) is 3.64. The van der Waals surface area contributed by atoms with Crippen LogP contribution >= 0.6 is 0 Å². The third kappa shape index (κ3) is 8.99. The summed E-state index contributed by atoms with van der Waals surface area (Å²) >= 11 is 0.